The zero-order valence-corrected chi connectivity index (χ0v) is 13.9. The Labute approximate surface area is 134 Å². The van der Waals surface area contributed by atoms with E-state index in [4.69, 9.17) is 28.3 Å². The number of hydrogen-bond acceptors (Lipinski definition) is 2. The second kappa shape index (κ2) is 6.65. The highest BCUT2D eigenvalue weighted by atomic mass is 79.9. The average molecular weight is 384 g/mol. The highest BCUT2D eigenvalue weighted by Gasteiger charge is 2.27. The summed E-state index contributed by atoms with van der Waals surface area (Å²) >= 11 is 15.2. The number of anilines is 1. The van der Waals surface area contributed by atoms with E-state index < -0.39 is 17.4 Å². The van der Waals surface area contributed by atoms with Crippen LogP contribution in [0.1, 0.15) is 13.8 Å². The second-order valence-corrected chi connectivity index (χ2v) is 6.47. The van der Waals surface area contributed by atoms with Crippen LogP contribution in [-0.4, -0.2) is 23.7 Å². The summed E-state index contributed by atoms with van der Waals surface area (Å²) in [4.78, 5) is 22.6. The van der Waals surface area contributed by atoms with E-state index in [1.165, 1.54) is 13.8 Å². The Morgan fingerprint density at radius 1 is 1.30 bits per heavy atom. The number of amides is 2. The lowest BCUT2D eigenvalue weighted by Gasteiger charge is -2.20. The van der Waals surface area contributed by atoms with Crippen LogP contribution in [0.25, 0.3) is 0 Å². The summed E-state index contributed by atoms with van der Waals surface area (Å²) in [5.41, 5.74) is -0.799. The highest BCUT2D eigenvalue weighted by molar-refractivity contribution is 9.10. The summed E-state index contributed by atoms with van der Waals surface area (Å²) in [6, 6.07) is 2.60. The van der Waals surface area contributed by atoms with Crippen LogP contribution in [0.5, 0.6) is 0 Å². The molecule has 0 saturated carbocycles. The molecule has 0 aliphatic heterocycles. The standard InChI is InChI=1S/C12H13BrCl2N2O3/c1-12(2,10(18)19)5-16-11(20)17-9-7(14)3-6(13)4-8(9)15/h3-4H,5H2,1-2H3,(H,18,19)(H2,16,17,20). The lowest BCUT2D eigenvalue weighted by Crippen LogP contribution is -2.40. The summed E-state index contributed by atoms with van der Waals surface area (Å²) < 4.78 is 0.686. The molecule has 1 aromatic carbocycles. The number of urea groups is 1. The smallest absolute Gasteiger partial charge is 0.319 e. The van der Waals surface area contributed by atoms with E-state index in [2.05, 4.69) is 26.6 Å². The zero-order valence-electron chi connectivity index (χ0n) is 10.8. The molecule has 20 heavy (non-hydrogen) atoms. The van der Waals surface area contributed by atoms with Crippen molar-refractivity contribution in [2.45, 2.75) is 13.8 Å². The first-order chi connectivity index (χ1) is 9.13. The van der Waals surface area contributed by atoms with Gasteiger partial charge in [0.25, 0.3) is 0 Å². The summed E-state index contributed by atoms with van der Waals surface area (Å²) in [7, 11) is 0. The minimum absolute atomic E-state index is 0.0278. The van der Waals surface area contributed by atoms with E-state index in [0.717, 1.165) is 0 Å². The van der Waals surface area contributed by atoms with Crippen molar-refractivity contribution in [2.24, 2.45) is 5.41 Å². The summed E-state index contributed by atoms with van der Waals surface area (Å²) in [5, 5.41) is 14.4. The molecule has 0 saturated heterocycles. The summed E-state index contributed by atoms with van der Waals surface area (Å²) in [6.07, 6.45) is 0. The Morgan fingerprint density at radius 2 is 1.80 bits per heavy atom. The van der Waals surface area contributed by atoms with Gasteiger partial charge in [0.05, 0.1) is 21.1 Å². The molecule has 8 heteroatoms. The molecule has 0 atom stereocenters. The third kappa shape index (κ3) is 4.54. The van der Waals surface area contributed by atoms with Gasteiger partial charge >= 0.3 is 12.0 Å². The van der Waals surface area contributed by atoms with Gasteiger partial charge in [0.15, 0.2) is 0 Å². The number of rotatable bonds is 4. The number of nitrogens with one attached hydrogen (secondary N) is 2. The SMILES string of the molecule is CC(C)(CNC(=O)Nc1c(Cl)cc(Br)cc1Cl)C(=O)O. The van der Waals surface area contributed by atoms with E-state index in [1.807, 2.05) is 0 Å². The lowest BCUT2D eigenvalue weighted by atomic mass is 9.94. The van der Waals surface area contributed by atoms with E-state index >= 15 is 0 Å². The quantitative estimate of drug-likeness (QED) is 0.735. The van der Waals surface area contributed by atoms with Crippen LogP contribution in [0, 0.1) is 5.41 Å². The maximum absolute atomic E-state index is 11.7. The minimum Gasteiger partial charge on any atom is -0.481 e. The van der Waals surface area contributed by atoms with Crippen molar-refractivity contribution < 1.29 is 14.7 Å². The van der Waals surface area contributed by atoms with Gasteiger partial charge in [0, 0.05) is 11.0 Å². The Morgan fingerprint density at radius 3 is 2.25 bits per heavy atom. The first kappa shape index (κ1) is 17.1. The molecule has 2 amide bonds. The molecule has 0 aromatic heterocycles. The van der Waals surface area contributed by atoms with Gasteiger partial charge in [-0.15, -0.1) is 0 Å². The van der Waals surface area contributed by atoms with E-state index in [1.54, 1.807) is 12.1 Å². The monoisotopic (exact) mass is 382 g/mol. The Kier molecular flexibility index (Phi) is 5.68. The molecule has 0 aliphatic rings. The van der Waals surface area contributed by atoms with Crippen LogP contribution in [0.4, 0.5) is 10.5 Å². The normalized spacial score (nSPS) is 11.1. The molecule has 0 radical (unpaired) electrons. The van der Waals surface area contributed by atoms with Crippen molar-refractivity contribution in [2.75, 3.05) is 11.9 Å². The molecule has 0 spiro atoms. The maximum atomic E-state index is 11.7. The van der Waals surface area contributed by atoms with Gasteiger partial charge in [-0.3, -0.25) is 4.79 Å². The molecule has 5 nitrogen and oxygen atoms in total. The van der Waals surface area contributed by atoms with E-state index in [9.17, 15) is 9.59 Å². The number of hydrogen-bond donors (Lipinski definition) is 3. The molecule has 1 rings (SSSR count). The van der Waals surface area contributed by atoms with Gasteiger partial charge in [-0.25, -0.2) is 4.79 Å². The number of halogens is 3. The summed E-state index contributed by atoms with van der Waals surface area (Å²) in [5.74, 6) is -1.00. The van der Waals surface area contributed by atoms with E-state index in [0.29, 0.717) is 4.47 Å². The number of carbonyl (C=O) groups is 2. The third-order valence-electron chi connectivity index (χ3n) is 2.52. The average Bonchev–Trinajstić information content (AvgIpc) is 2.31. The molecule has 3 N–H and O–H groups in total. The van der Waals surface area contributed by atoms with Crippen molar-refractivity contribution in [1.29, 1.82) is 0 Å². The third-order valence-corrected chi connectivity index (χ3v) is 3.57. The van der Waals surface area contributed by atoms with Crippen LogP contribution < -0.4 is 10.6 Å². The van der Waals surface area contributed by atoms with Gasteiger partial charge in [-0.1, -0.05) is 39.1 Å². The number of carbonyl (C=O) groups excluding carboxylic acids is 1. The van der Waals surface area contributed by atoms with Gasteiger partial charge < -0.3 is 15.7 Å². The predicted octanol–water partition coefficient (Wildman–Crippen LogP) is 3.99. The van der Waals surface area contributed by atoms with Crippen molar-refractivity contribution in [3.63, 3.8) is 0 Å². The molecule has 0 aliphatic carbocycles. The predicted molar refractivity (Wildman–Crippen MR) is 82.6 cm³/mol. The number of carboxylic acid groups (broad SMARTS) is 1. The highest BCUT2D eigenvalue weighted by Crippen LogP contribution is 2.33. The molecule has 0 bridgehead atoms. The van der Waals surface area contributed by atoms with Crippen LogP contribution in [0.15, 0.2) is 16.6 Å². The molecule has 0 fully saturated rings. The van der Waals surface area contributed by atoms with Gasteiger partial charge in [-0.2, -0.15) is 0 Å². The lowest BCUT2D eigenvalue weighted by molar-refractivity contribution is -0.146. The fourth-order valence-electron chi connectivity index (χ4n) is 1.20. The van der Waals surface area contributed by atoms with Crippen molar-refractivity contribution >= 4 is 56.8 Å². The number of aliphatic carboxylic acids is 1. The van der Waals surface area contributed by atoms with Gasteiger partial charge in [0.2, 0.25) is 0 Å². The Hall–Kier alpha value is -0.980. The van der Waals surface area contributed by atoms with Crippen molar-refractivity contribution in [1.82, 2.24) is 5.32 Å². The molecular weight excluding hydrogens is 371 g/mol. The molecular formula is C12H13BrCl2N2O3. The van der Waals surface area contributed by atoms with Crippen molar-refractivity contribution in [3.05, 3.63) is 26.7 Å². The fraction of sp³-hybridized carbons (Fsp3) is 0.333. The number of benzene rings is 1. The Bertz CT molecular complexity index is 526. The number of carboxylic acids is 1. The fourth-order valence-corrected chi connectivity index (χ4v) is 2.50. The van der Waals surface area contributed by atoms with Crippen LogP contribution >= 0.6 is 39.1 Å². The second-order valence-electron chi connectivity index (χ2n) is 4.74. The molecule has 0 heterocycles. The van der Waals surface area contributed by atoms with Crippen molar-refractivity contribution in [3.8, 4) is 0 Å². The van der Waals surface area contributed by atoms with Gasteiger partial charge in [-0.05, 0) is 26.0 Å². The molecule has 1 aromatic rings. The molecule has 110 valence electrons. The Balaban J connectivity index is 2.71. The van der Waals surface area contributed by atoms with E-state index in [-0.39, 0.29) is 22.3 Å². The first-order valence-corrected chi connectivity index (χ1v) is 7.11. The molecule has 0 unspecified atom stereocenters. The first-order valence-electron chi connectivity index (χ1n) is 5.56. The van der Waals surface area contributed by atoms with Crippen LogP contribution in [0.3, 0.4) is 0 Å². The van der Waals surface area contributed by atoms with Crippen LogP contribution in [-0.2, 0) is 4.79 Å². The van der Waals surface area contributed by atoms with Crippen LogP contribution in [0.2, 0.25) is 10.0 Å². The largest absolute Gasteiger partial charge is 0.481 e. The maximum Gasteiger partial charge on any atom is 0.319 e. The zero-order chi connectivity index (χ0) is 15.5. The summed E-state index contributed by atoms with van der Waals surface area (Å²) in [6.45, 7) is 2.99. The van der Waals surface area contributed by atoms with Gasteiger partial charge in [0.1, 0.15) is 0 Å². The topological polar surface area (TPSA) is 78.4 Å². The minimum atomic E-state index is -1.06.